The van der Waals surface area contributed by atoms with Gasteiger partial charge in [-0.1, -0.05) is 6.92 Å². The summed E-state index contributed by atoms with van der Waals surface area (Å²) in [5.74, 6) is 0.870. The zero-order valence-corrected chi connectivity index (χ0v) is 9.71. The third kappa shape index (κ3) is 3.74. The summed E-state index contributed by atoms with van der Waals surface area (Å²) in [5.41, 5.74) is 0. The van der Waals surface area contributed by atoms with Gasteiger partial charge in [0.1, 0.15) is 0 Å². The van der Waals surface area contributed by atoms with Gasteiger partial charge >= 0.3 is 0 Å². The lowest BCUT2D eigenvalue weighted by Gasteiger charge is -2.18. The second-order valence-electron chi connectivity index (χ2n) is 4.67. The topological polar surface area (TPSA) is 30.5 Å². The van der Waals surface area contributed by atoms with Crippen molar-refractivity contribution in [3.05, 3.63) is 0 Å². The van der Waals surface area contributed by atoms with Crippen LogP contribution in [0.4, 0.5) is 0 Å². The Morgan fingerprint density at radius 2 is 2.27 bits per heavy atom. The second kappa shape index (κ2) is 5.83. The van der Waals surface area contributed by atoms with Crippen molar-refractivity contribution in [2.75, 3.05) is 26.4 Å². The van der Waals surface area contributed by atoms with Crippen molar-refractivity contribution < 1.29 is 9.47 Å². The van der Waals surface area contributed by atoms with E-state index in [0.717, 1.165) is 32.3 Å². The van der Waals surface area contributed by atoms with E-state index in [1.807, 2.05) is 0 Å². The lowest BCUT2D eigenvalue weighted by atomic mass is 10.2. The largest absolute Gasteiger partial charge is 0.377 e. The molecule has 1 saturated carbocycles. The van der Waals surface area contributed by atoms with Gasteiger partial charge in [-0.05, 0) is 38.1 Å². The maximum Gasteiger partial charge on any atom is 0.0809 e. The van der Waals surface area contributed by atoms with E-state index in [2.05, 4.69) is 12.2 Å². The number of hydrogen-bond donors (Lipinski definition) is 1. The molecule has 2 unspecified atom stereocenters. The quantitative estimate of drug-likeness (QED) is 0.696. The van der Waals surface area contributed by atoms with E-state index < -0.39 is 0 Å². The first-order valence-electron chi connectivity index (χ1n) is 6.33. The zero-order chi connectivity index (χ0) is 10.5. The molecule has 2 rings (SSSR count). The number of nitrogens with one attached hydrogen (secondary N) is 1. The maximum atomic E-state index is 5.75. The monoisotopic (exact) mass is 213 g/mol. The van der Waals surface area contributed by atoms with Gasteiger partial charge in [-0.3, -0.25) is 0 Å². The highest BCUT2D eigenvalue weighted by molar-refractivity contribution is 4.86. The van der Waals surface area contributed by atoms with Gasteiger partial charge in [0.25, 0.3) is 0 Å². The molecule has 2 fully saturated rings. The Kier molecular flexibility index (Phi) is 4.42. The minimum Gasteiger partial charge on any atom is -0.377 e. The first kappa shape index (κ1) is 11.4. The van der Waals surface area contributed by atoms with Crippen molar-refractivity contribution in [2.24, 2.45) is 5.92 Å². The van der Waals surface area contributed by atoms with E-state index in [1.54, 1.807) is 0 Å². The van der Waals surface area contributed by atoms with Crippen LogP contribution in [-0.2, 0) is 9.47 Å². The lowest BCUT2D eigenvalue weighted by Crippen LogP contribution is -2.36. The molecule has 0 aromatic heterocycles. The summed E-state index contributed by atoms with van der Waals surface area (Å²) in [6.45, 7) is 5.78. The van der Waals surface area contributed by atoms with Crippen LogP contribution >= 0.6 is 0 Å². The molecule has 1 saturated heterocycles. The molecule has 88 valence electrons. The van der Waals surface area contributed by atoms with Crippen LogP contribution in [0, 0.1) is 5.92 Å². The number of ether oxygens (including phenoxy) is 2. The molecule has 0 amide bonds. The molecule has 0 aromatic rings. The molecule has 2 aliphatic rings. The van der Waals surface area contributed by atoms with E-state index in [1.165, 1.54) is 25.7 Å². The van der Waals surface area contributed by atoms with Crippen LogP contribution in [0.15, 0.2) is 0 Å². The molecule has 15 heavy (non-hydrogen) atoms. The van der Waals surface area contributed by atoms with E-state index in [9.17, 15) is 0 Å². The van der Waals surface area contributed by atoms with Crippen LogP contribution < -0.4 is 5.32 Å². The molecule has 0 bridgehead atoms. The van der Waals surface area contributed by atoms with Gasteiger partial charge in [0.05, 0.1) is 19.3 Å². The van der Waals surface area contributed by atoms with Crippen molar-refractivity contribution in [1.82, 2.24) is 5.32 Å². The van der Waals surface area contributed by atoms with E-state index in [0.29, 0.717) is 12.1 Å². The van der Waals surface area contributed by atoms with Gasteiger partial charge < -0.3 is 14.8 Å². The van der Waals surface area contributed by atoms with E-state index >= 15 is 0 Å². The average molecular weight is 213 g/mol. The molecule has 3 nitrogen and oxygen atoms in total. The Bertz CT molecular complexity index is 176. The van der Waals surface area contributed by atoms with Gasteiger partial charge in [-0.25, -0.2) is 0 Å². The van der Waals surface area contributed by atoms with Gasteiger partial charge in [0, 0.05) is 12.6 Å². The average Bonchev–Trinajstić information content (AvgIpc) is 2.96. The predicted octanol–water partition coefficient (Wildman–Crippen LogP) is 1.57. The van der Waals surface area contributed by atoms with Crippen LogP contribution in [0.5, 0.6) is 0 Å². The summed E-state index contributed by atoms with van der Waals surface area (Å²) in [4.78, 5) is 0. The molecule has 1 heterocycles. The Morgan fingerprint density at radius 1 is 1.40 bits per heavy atom. The standard InChI is InChI=1S/C12H23NO2/c1-2-13-12(10-5-6-10)9-14-8-11-4-3-7-15-11/h10-13H,2-9H2,1H3. The molecule has 1 N–H and O–H groups in total. The van der Waals surface area contributed by atoms with Crippen LogP contribution in [0.25, 0.3) is 0 Å². The van der Waals surface area contributed by atoms with Crippen molar-refractivity contribution in [3.63, 3.8) is 0 Å². The molecule has 1 aliphatic heterocycles. The second-order valence-corrected chi connectivity index (χ2v) is 4.67. The fourth-order valence-corrected chi connectivity index (χ4v) is 2.22. The highest BCUT2D eigenvalue weighted by Gasteiger charge is 2.30. The van der Waals surface area contributed by atoms with Crippen molar-refractivity contribution in [3.8, 4) is 0 Å². The Labute approximate surface area is 92.5 Å². The van der Waals surface area contributed by atoms with Crippen LogP contribution in [0.3, 0.4) is 0 Å². The predicted molar refractivity (Wildman–Crippen MR) is 60.0 cm³/mol. The summed E-state index contributed by atoms with van der Waals surface area (Å²) < 4.78 is 11.3. The van der Waals surface area contributed by atoms with E-state index in [-0.39, 0.29) is 0 Å². The highest BCUT2D eigenvalue weighted by Crippen LogP contribution is 2.32. The fraction of sp³-hybridized carbons (Fsp3) is 1.00. The van der Waals surface area contributed by atoms with Crippen LogP contribution in [-0.4, -0.2) is 38.5 Å². The van der Waals surface area contributed by atoms with Crippen molar-refractivity contribution >= 4 is 0 Å². The van der Waals surface area contributed by atoms with Gasteiger partial charge in [-0.15, -0.1) is 0 Å². The third-order valence-electron chi connectivity index (χ3n) is 3.28. The first-order valence-corrected chi connectivity index (χ1v) is 6.33. The summed E-state index contributed by atoms with van der Waals surface area (Å²) in [6.07, 6.45) is 5.50. The Balaban J connectivity index is 1.57. The molecular weight excluding hydrogens is 190 g/mol. The normalized spacial score (nSPS) is 28.2. The number of likely N-dealkylation sites (N-methyl/N-ethyl adjacent to an activating group) is 1. The SMILES string of the molecule is CCNC(COCC1CCCO1)C1CC1. The molecule has 1 aliphatic carbocycles. The number of rotatable bonds is 7. The summed E-state index contributed by atoms with van der Waals surface area (Å²) in [7, 11) is 0. The lowest BCUT2D eigenvalue weighted by molar-refractivity contribution is 0.00848. The highest BCUT2D eigenvalue weighted by atomic mass is 16.5. The Morgan fingerprint density at radius 3 is 2.87 bits per heavy atom. The van der Waals surface area contributed by atoms with E-state index in [4.69, 9.17) is 9.47 Å². The van der Waals surface area contributed by atoms with Gasteiger partial charge in [-0.2, -0.15) is 0 Å². The summed E-state index contributed by atoms with van der Waals surface area (Å²) >= 11 is 0. The van der Waals surface area contributed by atoms with Crippen molar-refractivity contribution in [2.45, 2.75) is 44.8 Å². The fourth-order valence-electron chi connectivity index (χ4n) is 2.22. The Hall–Kier alpha value is -0.120. The molecule has 0 radical (unpaired) electrons. The van der Waals surface area contributed by atoms with Gasteiger partial charge in [0.2, 0.25) is 0 Å². The molecule has 0 spiro atoms. The molecule has 0 aromatic carbocycles. The molecule has 3 heteroatoms. The number of hydrogen-bond acceptors (Lipinski definition) is 3. The molecule has 2 atom stereocenters. The van der Waals surface area contributed by atoms with Gasteiger partial charge in [0.15, 0.2) is 0 Å². The van der Waals surface area contributed by atoms with Crippen LogP contribution in [0.1, 0.15) is 32.6 Å². The third-order valence-corrected chi connectivity index (χ3v) is 3.28. The molecular formula is C12H23NO2. The minimum atomic E-state index is 0.367. The van der Waals surface area contributed by atoms with Crippen LogP contribution in [0.2, 0.25) is 0 Å². The summed E-state index contributed by atoms with van der Waals surface area (Å²) in [6, 6.07) is 0.580. The zero-order valence-electron chi connectivity index (χ0n) is 9.71. The van der Waals surface area contributed by atoms with Crippen molar-refractivity contribution in [1.29, 1.82) is 0 Å². The minimum absolute atomic E-state index is 0.367. The first-order chi connectivity index (χ1) is 7.40. The maximum absolute atomic E-state index is 5.75. The smallest absolute Gasteiger partial charge is 0.0809 e. The summed E-state index contributed by atoms with van der Waals surface area (Å²) in [5, 5.41) is 3.50.